The lowest BCUT2D eigenvalue weighted by Crippen LogP contribution is -2.29. The van der Waals surface area contributed by atoms with E-state index in [1.807, 2.05) is 18.2 Å². The molecule has 2 nitrogen and oxygen atoms in total. The first-order chi connectivity index (χ1) is 6.96. The molecule has 0 fully saturated rings. The van der Waals surface area contributed by atoms with Crippen molar-refractivity contribution in [2.24, 2.45) is 0 Å². The van der Waals surface area contributed by atoms with E-state index in [1.165, 1.54) is 0 Å². The van der Waals surface area contributed by atoms with Gasteiger partial charge in [0.05, 0.1) is 7.11 Å². The van der Waals surface area contributed by atoms with Gasteiger partial charge in [-0.25, -0.2) is 0 Å². The van der Waals surface area contributed by atoms with E-state index in [0.29, 0.717) is 0 Å². The standard InChI is InChI=1S/C12H18O2Si/c1-6-10-7-8-11(12(9-10)13-2)14-15(3,4)5/h6-9H,1H2,2-5H3. The second kappa shape index (κ2) is 4.53. The molecule has 15 heavy (non-hydrogen) atoms. The molecule has 1 rings (SSSR count). The van der Waals surface area contributed by atoms with Gasteiger partial charge in [0, 0.05) is 0 Å². The number of hydrogen-bond donors (Lipinski definition) is 0. The molecule has 0 aliphatic rings. The summed E-state index contributed by atoms with van der Waals surface area (Å²) in [5.41, 5.74) is 1.04. The van der Waals surface area contributed by atoms with Crippen LogP contribution in [0.4, 0.5) is 0 Å². The summed E-state index contributed by atoms with van der Waals surface area (Å²) in [6.07, 6.45) is 1.79. The van der Waals surface area contributed by atoms with E-state index >= 15 is 0 Å². The molecule has 0 spiro atoms. The molecule has 0 atom stereocenters. The van der Waals surface area contributed by atoms with Gasteiger partial charge >= 0.3 is 0 Å². The van der Waals surface area contributed by atoms with E-state index in [-0.39, 0.29) is 0 Å². The maximum Gasteiger partial charge on any atom is 0.242 e. The smallest absolute Gasteiger partial charge is 0.242 e. The highest BCUT2D eigenvalue weighted by atomic mass is 28.4. The lowest BCUT2D eigenvalue weighted by molar-refractivity contribution is 0.392. The van der Waals surface area contributed by atoms with Crippen molar-refractivity contribution in [2.75, 3.05) is 7.11 Å². The van der Waals surface area contributed by atoms with E-state index in [9.17, 15) is 0 Å². The average molecular weight is 222 g/mol. The highest BCUT2D eigenvalue weighted by molar-refractivity contribution is 6.70. The van der Waals surface area contributed by atoms with Crippen molar-refractivity contribution < 1.29 is 9.16 Å². The highest BCUT2D eigenvalue weighted by Crippen LogP contribution is 2.30. The fourth-order valence-electron chi connectivity index (χ4n) is 1.23. The zero-order valence-electron chi connectivity index (χ0n) is 9.83. The van der Waals surface area contributed by atoms with Crippen molar-refractivity contribution in [1.82, 2.24) is 0 Å². The Balaban J connectivity index is 3.02. The minimum atomic E-state index is -1.58. The Morgan fingerprint density at radius 2 is 1.87 bits per heavy atom. The molecule has 0 saturated carbocycles. The predicted octanol–water partition coefficient (Wildman–Crippen LogP) is 3.55. The van der Waals surface area contributed by atoms with Crippen molar-refractivity contribution in [3.8, 4) is 11.5 Å². The van der Waals surface area contributed by atoms with Gasteiger partial charge in [0.25, 0.3) is 0 Å². The van der Waals surface area contributed by atoms with Crippen LogP contribution in [0.1, 0.15) is 5.56 Å². The van der Waals surface area contributed by atoms with Crippen LogP contribution < -0.4 is 9.16 Å². The first kappa shape index (κ1) is 11.8. The van der Waals surface area contributed by atoms with Crippen molar-refractivity contribution in [1.29, 1.82) is 0 Å². The topological polar surface area (TPSA) is 18.5 Å². The summed E-state index contributed by atoms with van der Waals surface area (Å²) in [6.45, 7) is 10.2. The molecule has 0 amide bonds. The van der Waals surface area contributed by atoms with Crippen molar-refractivity contribution in [2.45, 2.75) is 19.6 Å². The minimum absolute atomic E-state index is 0.773. The van der Waals surface area contributed by atoms with Gasteiger partial charge in [-0.05, 0) is 37.3 Å². The van der Waals surface area contributed by atoms with Gasteiger partial charge in [-0.2, -0.15) is 0 Å². The van der Waals surface area contributed by atoms with Crippen LogP contribution >= 0.6 is 0 Å². The van der Waals surface area contributed by atoms with Gasteiger partial charge in [0.1, 0.15) is 5.75 Å². The molecular formula is C12H18O2Si. The van der Waals surface area contributed by atoms with E-state index in [2.05, 4.69) is 26.2 Å². The molecule has 0 radical (unpaired) electrons. The van der Waals surface area contributed by atoms with E-state index in [0.717, 1.165) is 17.1 Å². The van der Waals surface area contributed by atoms with Gasteiger partial charge in [0.2, 0.25) is 8.32 Å². The maximum atomic E-state index is 5.90. The third-order valence-electron chi connectivity index (χ3n) is 1.84. The summed E-state index contributed by atoms with van der Waals surface area (Å²) in [6, 6.07) is 5.85. The van der Waals surface area contributed by atoms with Crippen molar-refractivity contribution in [3.63, 3.8) is 0 Å². The molecule has 0 unspecified atom stereocenters. The zero-order chi connectivity index (χ0) is 11.5. The van der Waals surface area contributed by atoms with E-state index < -0.39 is 8.32 Å². The molecule has 0 bridgehead atoms. The lowest BCUT2D eigenvalue weighted by atomic mass is 10.2. The first-order valence-electron chi connectivity index (χ1n) is 4.96. The van der Waals surface area contributed by atoms with Crippen LogP contribution in [0.3, 0.4) is 0 Å². The maximum absolute atomic E-state index is 5.90. The van der Waals surface area contributed by atoms with Gasteiger partial charge in [-0.15, -0.1) is 0 Å². The average Bonchev–Trinajstić information content (AvgIpc) is 2.16. The molecule has 0 aliphatic carbocycles. The second-order valence-electron chi connectivity index (χ2n) is 4.33. The van der Waals surface area contributed by atoms with E-state index in [4.69, 9.17) is 9.16 Å². The predicted molar refractivity (Wildman–Crippen MR) is 67.1 cm³/mol. The summed E-state index contributed by atoms with van der Waals surface area (Å²) in [5.74, 6) is 1.59. The molecule has 0 aromatic heterocycles. The Morgan fingerprint density at radius 3 is 2.33 bits per heavy atom. The quantitative estimate of drug-likeness (QED) is 0.725. The van der Waals surface area contributed by atoms with Crippen LogP contribution in [0.5, 0.6) is 11.5 Å². The molecule has 82 valence electrons. The Kier molecular flexibility index (Phi) is 3.58. The molecule has 0 N–H and O–H groups in total. The molecule has 0 aliphatic heterocycles. The van der Waals surface area contributed by atoms with Gasteiger partial charge in [0.15, 0.2) is 5.75 Å². The third-order valence-corrected chi connectivity index (χ3v) is 2.67. The molecule has 0 saturated heterocycles. The van der Waals surface area contributed by atoms with Gasteiger partial charge in [-0.3, -0.25) is 0 Å². The van der Waals surface area contributed by atoms with Crippen LogP contribution in [0.15, 0.2) is 24.8 Å². The van der Waals surface area contributed by atoms with E-state index in [1.54, 1.807) is 13.2 Å². The summed E-state index contributed by atoms with van der Waals surface area (Å²) < 4.78 is 11.2. The number of hydrogen-bond acceptors (Lipinski definition) is 2. The van der Waals surface area contributed by atoms with Crippen LogP contribution in [-0.4, -0.2) is 15.4 Å². The fraction of sp³-hybridized carbons (Fsp3) is 0.333. The third kappa shape index (κ3) is 3.44. The van der Waals surface area contributed by atoms with Crippen molar-refractivity contribution in [3.05, 3.63) is 30.3 Å². The molecule has 0 heterocycles. The Morgan fingerprint density at radius 1 is 1.20 bits per heavy atom. The Bertz CT molecular complexity index is 353. The largest absolute Gasteiger partial charge is 0.542 e. The number of ether oxygens (including phenoxy) is 1. The van der Waals surface area contributed by atoms with Crippen LogP contribution in [0.2, 0.25) is 19.6 Å². The minimum Gasteiger partial charge on any atom is -0.542 e. The van der Waals surface area contributed by atoms with Crippen LogP contribution in [0, 0.1) is 0 Å². The van der Waals surface area contributed by atoms with Crippen LogP contribution in [0.25, 0.3) is 6.08 Å². The van der Waals surface area contributed by atoms with Crippen molar-refractivity contribution >= 4 is 14.4 Å². The molecule has 1 aromatic rings. The number of methoxy groups -OCH3 is 1. The summed E-state index contributed by atoms with van der Waals surface area (Å²) in [7, 11) is 0.0730. The highest BCUT2D eigenvalue weighted by Gasteiger charge is 2.18. The Labute approximate surface area is 92.7 Å². The molecular weight excluding hydrogens is 204 g/mol. The lowest BCUT2D eigenvalue weighted by Gasteiger charge is -2.21. The number of benzene rings is 1. The van der Waals surface area contributed by atoms with Gasteiger partial charge in [-0.1, -0.05) is 18.7 Å². The summed E-state index contributed by atoms with van der Waals surface area (Å²) >= 11 is 0. The number of rotatable bonds is 4. The van der Waals surface area contributed by atoms with Gasteiger partial charge < -0.3 is 9.16 Å². The fourth-order valence-corrected chi connectivity index (χ4v) is 2.05. The summed E-state index contributed by atoms with van der Waals surface area (Å²) in [5, 5.41) is 0. The zero-order valence-corrected chi connectivity index (χ0v) is 10.8. The Hall–Kier alpha value is -1.22. The SMILES string of the molecule is C=Cc1ccc(O[Si](C)(C)C)c(OC)c1. The first-order valence-corrected chi connectivity index (χ1v) is 8.36. The molecule has 3 heteroatoms. The summed E-state index contributed by atoms with van der Waals surface area (Å²) in [4.78, 5) is 0. The monoisotopic (exact) mass is 222 g/mol. The van der Waals surface area contributed by atoms with Crippen LogP contribution in [-0.2, 0) is 0 Å². The second-order valence-corrected chi connectivity index (χ2v) is 8.76. The molecule has 1 aromatic carbocycles. The normalized spacial score (nSPS) is 10.9.